The van der Waals surface area contributed by atoms with E-state index in [0.717, 1.165) is 27.2 Å². The molecule has 5 aromatic rings. The first kappa shape index (κ1) is 43.8. The largest absolute Gasteiger partial charge is 0.481 e. The number of carboxylic acids is 1. The van der Waals surface area contributed by atoms with Crippen LogP contribution in [0.1, 0.15) is 42.5 Å². The fraction of sp³-hybridized carbons (Fsp3) is 0.282. The van der Waals surface area contributed by atoms with Gasteiger partial charge in [0.15, 0.2) is 5.52 Å². The van der Waals surface area contributed by atoms with Crippen molar-refractivity contribution in [3.8, 4) is 0 Å². The second-order valence-electron chi connectivity index (χ2n) is 13.5. The van der Waals surface area contributed by atoms with Crippen molar-refractivity contribution in [1.82, 2.24) is 25.1 Å². The molecule has 0 bridgehead atoms. The Morgan fingerprint density at radius 1 is 0.966 bits per heavy atom. The van der Waals surface area contributed by atoms with E-state index in [1.807, 2.05) is 32.2 Å². The Morgan fingerprint density at radius 2 is 1.68 bits per heavy atom. The van der Waals surface area contributed by atoms with Crippen LogP contribution in [-0.4, -0.2) is 82.4 Å². The molecule has 2 atom stereocenters. The van der Waals surface area contributed by atoms with Gasteiger partial charge < -0.3 is 25.4 Å². The van der Waals surface area contributed by atoms with Crippen molar-refractivity contribution in [2.45, 2.75) is 57.1 Å². The summed E-state index contributed by atoms with van der Waals surface area (Å²) in [5, 5.41) is 25.4. The number of carboxylic acid groups (broad SMARTS) is 1. The van der Waals surface area contributed by atoms with Crippen LogP contribution >= 0.6 is 8.58 Å². The fourth-order valence-corrected chi connectivity index (χ4v) is 7.09. The van der Waals surface area contributed by atoms with Gasteiger partial charge in [-0.3, -0.25) is 23.9 Å². The molecular formula is C39H44N9O9PS. The van der Waals surface area contributed by atoms with Crippen LogP contribution in [0.4, 0.5) is 33.6 Å². The highest BCUT2D eigenvalue weighted by atomic mass is 32.2. The minimum Gasteiger partial charge on any atom is -0.481 e. The Kier molecular flexibility index (Phi) is 14.1. The summed E-state index contributed by atoms with van der Waals surface area (Å²) in [6, 6.07) is 16.7. The number of rotatable bonds is 17. The zero-order valence-electron chi connectivity index (χ0n) is 32.9. The van der Waals surface area contributed by atoms with Crippen LogP contribution in [0.5, 0.6) is 0 Å². The van der Waals surface area contributed by atoms with Gasteiger partial charge in [-0.15, -0.1) is 0 Å². The summed E-state index contributed by atoms with van der Waals surface area (Å²) in [6.07, 6.45) is -0.171. The molecule has 5 rings (SSSR count). The maximum absolute atomic E-state index is 13.9. The third kappa shape index (κ3) is 11.2. The van der Waals surface area contributed by atoms with Crippen molar-refractivity contribution in [2.75, 3.05) is 28.8 Å². The molecule has 1 unspecified atom stereocenters. The summed E-state index contributed by atoms with van der Waals surface area (Å²) >= 11 is 0. The number of primary sulfonamides is 1. The van der Waals surface area contributed by atoms with Gasteiger partial charge in [-0.05, 0) is 86.6 Å². The molecule has 3 aromatic carbocycles. The van der Waals surface area contributed by atoms with E-state index < -0.39 is 39.9 Å². The molecule has 3 amide bonds. The number of fused-ring (bicyclic) bond motifs is 1. The average Bonchev–Trinajstić information content (AvgIpc) is 3.49. The van der Waals surface area contributed by atoms with Crippen LogP contribution in [-0.2, 0) is 47.6 Å². The summed E-state index contributed by atoms with van der Waals surface area (Å²) in [6.45, 7) is 4.97. The number of anilines is 5. The molecule has 2 heterocycles. The quantitative estimate of drug-likeness (QED) is 0.0922. The second-order valence-corrected chi connectivity index (χ2v) is 16.1. The van der Waals surface area contributed by atoms with E-state index in [-0.39, 0.29) is 62.9 Å². The Labute approximate surface area is 342 Å². The minimum atomic E-state index is -4.19. The third-order valence-electron chi connectivity index (χ3n) is 9.33. The summed E-state index contributed by atoms with van der Waals surface area (Å²) in [5.41, 5.74) is 3.67. The lowest BCUT2D eigenvalue weighted by Gasteiger charge is -2.24. The van der Waals surface area contributed by atoms with Crippen LogP contribution in [0.2, 0.25) is 0 Å². The zero-order valence-corrected chi connectivity index (χ0v) is 34.7. The minimum absolute atomic E-state index is 0.0141. The van der Waals surface area contributed by atoms with Crippen LogP contribution in [0, 0.1) is 13.8 Å². The van der Waals surface area contributed by atoms with Crippen LogP contribution < -0.4 is 25.6 Å². The number of sulfonamides is 1. The van der Waals surface area contributed by atoms with E-state index in [1.54, 1.807) is 48.4 Å². The van der Waals surface area contributed by atoms with Gasteiger partial charge in [0.25, 0.3) is 0 Å². The van der Waals surface area contributed by atoms with Crippen LogP contribution in [0.25, 0.3) is 10.9 Å². The molecule has 0 radical (unpaired) electrons. The standard InChI is InChI=1S/C39H44N9O9PS/c1-23-6-11-28(21-32(23)59(40,55)56)48(38-41-19-18-33(44-38)46(3)27-12-13-29-24(2)47(4)45-31(29)20-27)39(54)57-22-25-7-9-26(10-8-25)42-37(53)30(14-16-35(50)51)43-34(49)15-17-36(52)58-5/h6-13,18-21,30,58H,14-17,22H2,1-5H3,(H,42,53)(H,43,49)(H,50,51)(H2,40,55,56)/t30-/m1/s1. The summed E-state index contributed by atoms with van der Waals surface area (Å²) < 4.78 is 32.4. The molecular weight excluding hydrogens is 802 g/mol. The normalized spacial score (nSPS) is 12.0. The van der Waals surface area contributed by atoms with Crippen molar-refractivity contribution < 1.29 is 42.2 Å². The molecule has 0 aliphatic carbocycles. The third-order valence-corrected chi connectivity index (χ3v) is 11.2. The van der Waals surface area contributed by atoms with Crippen molar-refractivity contribution in [2.24, 2.45) is 12.2 Å². The van der Waals surface area contributed by atoms with E-state index >= 15 is 0 Å². The average molecular weight is 846 g/mol. The fourth-order valence-electron chi connectivity index (χ4n) is 5.91. The number of aryl methyl sites for hydroxylation is 3. The maximum Gasteiger partial charge on any atom is 0.421 e. The monoisotopic (exact) mass is 845 g/mol. The summed E-state index contributed by atoms with van der Waals surface area (Å²) in [7, 11) is -0.514. The van der Waals surface area contributed by atoms with Crippen LogP contribution in [0.3, 0.4) is 0 Å². The molecule has 310 valence electrons. The number of nitrogens with two attached hydrogens (primary N) is 1. The lowest BCUT2D eigenvalue weighted by atomic mass is 10.1. The Morgan fingerprint density at radius 3 is 2.36 bits per heavy atom. The first-order valence-electron chi connectivity index (χ1n) is 18.2. The van der Waals surface area contributed by atoms with Crippen molar-refractivity contribution >= 4 is 87.7 Å². The van der Waals surface area contributed by atoms with E-state index in [4.69, 9.17) is 15.0 Å². The van der Waals surface area contributed by atoms with Gasteiger partial charge in [0, 0.05) is 62.0 Å². The predicted molar refractivity (Wildman–Crippen MR) is 223 cm³/mol. The molecule has 18 nitrogen and oxygen atoms in total. The number of carbonyl (C=O) groups excluding carboxylic acids is 4. The second kappa shape index (κ2) is 19.0. The van der Waals surface area contributed by atoms with Crippen molar-refractivity contribution in [1.29, 1.82) is 0 Å². The van der Waals surface area contributed by atoms with Gasteiger partial charge in [-0.2, -0.15) is 10.1 Å². The van der Waals surface area contributed by atoms with Gasteiger partial charge in [0.1, 0.15) is 18.5 Å². The van der Waals surface area contributed by atoms with E-state index in [1.165, 1.54) is 36.5 Å². The number of nitrogens with one attached hydrogen (secondary N) is 2. The Hall–Kier alpha value is -6.30. The van der Waals surface area contributed by atoms with E-state index in [0.29, 0.717) is 22.6 Å². The van der Waals surface area contributed by atoms with Crippen LogP contribution in [0.15, 0.2) is 77.8 Å². The smallest absolute Gasteiger partial charge is 0.421 e. The van der Waals surface area contributed by atoms with Gasteiger partial charge in [0.05, 0.1) is 16.1 Å². The predicted octanol–water partition coefficient (Wildman–Crippen LogP) is 4.77. The maximum atomic E-state index is 13.9. The SMILES string of the molecule is CPC(=O)CCC(=O)N[C@H](CCC(=O)O)C(=O)Nc1ccc(COC(=O)N(c2ccc(C)c(S(N)(=O)=O)c2)c2nccc(N(C)c3ccc4c(C)n(C)nc4c3)n2)cc1. The molecule has 0 saturated heterocycles. The topological polar surface area (TPSA) is 249 Å². The lowest BCUT2D eigenvalue weighted by Crippen LogP contribution is -2.44. The van der Waals surface area contributed by atoms with E-state index in [9.17, 15) is 32.4 Å². The highest BCUT2D eigenvalue weighted by molar-refractivity contribution is 7.89. The Balaban J connectivity index is 1.35. The molecule has 5 N–H and O–H groups in total. The number of aliphatic carboxylic acids is 1. The molecule has 0 aliphatic heterocycles. The first-order valence-corrected chi connectivity index (χ1v) is 21.2. The highest BCUT2D eigenvalue weighted by Gasteiger charge is 2.27. The number of amides is 3. The van der Waals surface area contributed by atoms with Gasteiger partial charge in [-0.1, -0.05) is 26.8 Å². The zero-order chi connectivity index (χ0) is 43.0. The van der Waals surface area contributed by atoms with Gasteiger partial charge >= 0.3 is 12.1 Å². The van der Waals surface area contributed by atoms with Gasteiger partial charge in [0.2, 0.25) is 27.8 Å². The molecule has 20 heteroatoms. The number of carbonyl (C=O) groups is 5. The number of ether oxygens (including phenoxy) is 1. The molecule has 59 heavy (non-hydrogen) atoms. The van der Waals surface area contributed by atoms with E-state index in [2.05, 4.69) is 25.7 Å². The molecule has 0 spiro atoms. The summed E-state index contributed by atoms with van der Waals surface area (Å²) in [4.78, 5) is 73.9. The Bertz CT molecular complexity index is 2510. The number of aromatic nitrogens is 4. The molecule has 0 fully saturated rings. The molecule has 0 aliphatic rings. The lowest BCUT2D eigenvalue weighted by molar-refractivity contribution is -0.137. The number of benzene rings is 3. The number of hydrogen-bond donors (Lipinski definition) is 4. The highest BCUT2D eigenvalue weighted by Crippen LogP contribution is 2.31. The molecule has 2 aromatic heterocycles. The molecule has 0 saturated carbocycles. The van der Waals surface area contributed by atoms with Crippen molar-refractivity contribution in [3.05, 3.63) is 89.7 Å². The first-order chi connectivity index (χ1) is 27.9. The number of nitrogens with zero attached hydrogens (tertiary/aromatic N) is 6. The van der Waals surface area contributed by atoms with Crippen molar-refractivity contribution in [3.63, 3.8) is 0 Å². The van der Waals surface area contributed by atoms with Gasteiger partial charge in [-0.25, -0.2) is 28.2 Å². The summed E-state index contributed by atoms with van der Waals surface area (Å²) in [5.74, 6) is -2.09. The number of hydrogen-bond acceptors (Lipinski definition) is 12.